The lowest BCUT2D eigenvalue weighted by molar-refractivity contribution is -0.134. The number of nitrogens with one attached hydrogen (secondary N) is 1. The van der Waals surface area contributed by atoms with Gasteiger partial charge in [0.25, 0.3) is 0 Å². The van der Waals surface area contributed by atoms with Crippen LogP contribution >= 0.6 is 0 Å². The van der Waals surface area contributed by atoms with Crippen LogP contribution in [0.15, 0.2) is 18.2 Å². The molecule has 0 aromatic heterocycles. The highest BCUT2D eigenvalue weighted by atomic mass is 32.2. The van der Waals surface area contributed by atoms with Crippen molar-refractivity contribution in [1.82, 2.24) is 10.2 Å². The highest BCUT2D eigenvalue weighted by Crippen LogP contribution is 2.21. The molecule has 0 radical (unpaired) electrons. The number of amides is 1. The van der Waals surface area contributed by atoms with Crippen LogP contribution in [0, 0.1) is 11.6 Å². The predicted molar refractivity (Wildman–Crippen MR) is 91.8 cm³/mol. The van der Waals surface area contributed by atoms with E-state index in [0.29, 0.717) is 13.0 Å². The molecule has 0 bridgehead atoms. The second kappa shape index (κ2) is 7.78. The molecule has 0 saturated carbocycles. The molecule has 1 aliphatic rings. The van der Waals surface area contributed by atoms with E-state index in [9.17, 15) is 22.0 Å². The van der Waals surface area contributed by atoms with Gasteiger partial charge in [0, 0.05) is 30.3 Å². The minimum Gasteiger partial charge on any atom is -0.338 e. The van der Waals surface area contributed by atoms with E-state index in [1.165, 1.54) is 12.1 Å². The molecular formula is C17H24F2N2O3S. The minimum atomic E-state index is -3.08. The van der Waals surface area contributed by atoms with Crippen LogP contribution in [0.25, 0.3) is 0 Å². The van der Waals surface area contributed by atoms with Gasteiger partial charge in [-0.05, 0) is 33.3 Å². The summed E-state index contributed by atoms with van der Waals surface area (Å²) in [6.45, 7) is 5.56. The van der Waals surface area contributed by atoms with Gasteiger partial charge >= 0.3 is 0 Å². The van der Waals surface area contributed by atoms with Gasteiger partial charge in [0.15, 0.2) is 9.84 Å². The molecule has 0 spiro atoms. The Hall–Kier alpha value is -1.54. The Morgan fingerprint density at radius 3 is 2.56 bits per heavy atom. The van der Waals surface area contributed by atoms with Gasteiger partial charge in [0.2, 0.25) is 5.91 Å². The number of hydrogen-bond acceptors (Lipinski definition) is 4. The van der Waals surface area contributed by atoms with Crippen LogP contribution in [0.1, 0.15) is 38.8 Å². The molecule has 1 aromatic carbocycles. The predicted octanol–water partition coefficient (Wildman–Crippen LogP) is 2.04. The van der Waals surface area contributed by atoms with E-state index in [0.717, 1.165) is 6.07 Å². The van der Waals surface area contributed by atoms with Crippen LogP contribution in [0.4, 0.5) is 8.78 Å². The summed E-state index contributed by atoms with van der Waals surface area (Å²) in [5.74, 6) is -1.47. The Labute approximate surface area is 147 Å². The zero-order valence-electron chi connectivity index (χ0n) is 14.6. The van der Waals surface area contributed by atoms with E-state index in [1.807, 2.05) is 0 Å². The van der Waals surface area contributed by atoms with Gasteiger partial charge in [-0.25, -0.2) is 17.2 Å². The summed E-state index contributed by atoms with van der Waals surface area (Å²) < 4.78 is 50.2. The molecule has 2 rings (SSSR count). The van der Waals surface area contributed by atoms with Crippen LogP contribution in [-0.2, 0) is 14.6 Å². The first kappa shape index (κ1) is 19.8. The summed E-state index contributed by atoms with van der Waals surface area (Å²) in [6, 6.07) is 1.89. The average molecular weight is 374 g/mol. The number of carbonyl (C=O) groups is 1. The molecule has 25 heavy (non-hydrogen) atoms. The number of carbonyl (C=O) groups excluding carboxylic acids is 1. The molecule has 5 nitrogen and oxygen atoms in total. The number of benzene rings is 1. The number of sulfone groups is 1. The number of likely N-dealkylation sites (N-methyl/N-ethyl adjacent to an activating group) is 1. The third kappa shape index (κ3) is 4.76. The zero-order chi connectivity index (χ0) is 18.8. The normalized spacial score (nSPS) is 21.7. The van der Waals surface area contributed by atoms with Gasteiger partial charge < -0.3 is 4.90 Å². The Morgan fingerprint density at radius 1 is 1.36 bits per heavy atom. The number of nitrogens with zero attached hydrogens (tertiary/aromatic N) is 1. The topological polar surface area (TPSA) is 66.5 Å². The van der Waals surface area contributed by atoms with Crippen molar-refractivity contribution in [3.8, 4) is 0 Å². The minimum absolute atomic E-state index is 0.0125. The Balaban J connectivity index is 2.05. The SMILES string of the molecule is CCN(C(=O)C(C)NC(C)c1ccc(F)cc1F)C1CCS(=O)(=O)C1. The molecule has 8 heteroatoms. The van der Waals surface area contributed by atoms with Crippen molar-refractivity contribution in [2.24, 2.45) is 0 Å². The highest BCUT2D eigenvalue weighted by molar-refractivity contribution is 7.91. The van der Waals surface area contributed by atoms with Crippen molar-refractivity contribution < 1.29 is 22.0 Å². The Kier molecular flexibility index (Phi) is 6.16. The third-order valence-corrected chi connectivity index (χ3v) is 6.32. The third-order valence-electron chi connectivity index (χ3n) is 4.57. The number of rotatable bonds is 6. The van der Waals surface area contributed by atoms with E-state index < -0.39 is 33.6 Å². The maximum Gasteiger partial charge on any atom is 0.239 e. The average Bonchev–Trinajstić information content (AvgIpc) is 2.87. The van der Waals surface area contributed by atoms with Crippen LogP contribution in [0.3, 0.4) is 0 Å². The summed E-state index contributed by atoms with van der Waals surface area (Å²) in [5.41, 5.74) is 0.271. The molecule has 1 aliphatic heterocycles. The van der Waals surface area contributed by atoms with E-state index in [-0.39, 0.29) is 29.0 Å². The van der Waals surface area contributed by atoms with Crippen LogP contribution in [0.2, 0.25) is 0 Å². The summed E-state index contributed by atoms with van der Waals surface area (Å²) in [4.78, 5) is 14.3. The lowest BCUT2D eigenvalue weighted by atomic mass is 10.1. The van der Waals surface area contributed by atoms with Gasteiger partial charge in [0.1, 0.15) is 11.6 Å². The Bertz CT molecular complexity index is 739. The highest BCUT2D eigenvalue weighted by Gasteiger charge is 2.35. The van der Waals surface area contributed by atoms with Gasteiger partial charge in [0.05, 0.1) is 17.5 Å². The summed E-state index contributed by atoms with van der Waals surface area (Å²) >= 11 is 0. The number of halogens is 2. The van der Waals surface area contributed by atoms with Gasteiger partial charge in [-0.2, -0.15) is 0 Å². The van der Waals surface area contributed by atoms with Crippen LogP contribution in [0.5, 0.6) is 0 Å². The largest absolute Gasteiger partial charge is 0.338 e. The molecule has 3 atom stereocenters. The smallest absolute Gasteiger partial charge is 0.239 e. The van der Waals surface area contributed by atoms with E-state index in [1.54, 1.807) is 25.7 Å². The van der Waals surface area contributed by atoms with Gasteiger partial charge in [-0.3, -0.25) is 10.1 Å². The van der Waals surface area contributed by atoms with Gasteiger partial charge in [-0.15, -0.1) is 0 Å². The van der Waals surface area contributed by atoms with Crippen molar-refractivity contribution in [2.75, 3.05) is 18.1 Å². The molecule has 1 heterocycles. The summed E-state index contributed by atoms with van der Waals surface area (Å²) in [6.07, 6.45) is 0.441. The molecule has 140 valence electrons. The van der Waals surface area contributed by atoms with E-state index >= 15 is 0 Å². The van der Waals surface area contributed by atoms with Crippen molar-refractivity contribution in [3.05, 3.63) is 35.4 Å². The molecule has 1 aromatic rings. The second-order valence-corrected chi connectivity index (χ2v) is 8.69. The van der Waals surface area contributed by atoms with Crippen molar-refractivity contribution >= 4 is 15.7 Å². The Morgan fingerprint density at radius 2 is 2.04 bits per heavy atom. The van der Waals surface area contributed by atoms with Gasteiger partial charge in [-0.1, -0.05) is 6.07 Å². The molecular weight excluding hydrogens is 350 g/mol. The standard InChI is InChI=1S/C17H24F2N2O3S/c1-4-21(14-7-8-25(23,24)10-14)17(22)12(3)20-11(2)15-6-5-13(18)9-16(15)19/h5-6,9,11-12,14,20H,4,7-8,10H2,1-3H3. The zero-order valence-corrected chi connectivity index (χ0v) is 15.4. The molecule has 1 N–H and O–H groups in total. The lowest BCUT2D eigenvalue weighted by Crippen LogP contribution is -2.50. The fourth-order valence-corrected chi connectivity index (χ4v) is 4.98. The second-order valence-electron chi connectivity index (χ2n) is 6.46. The fourth-order valence-electron chi connectivity index (χ4n) is 3.25. The molecule has 0 aliphatic carbocycles. The lowest BCUT2D eigenvalue weighted by Gasteiger charge is -2.31. The van der Waals surface area contributed by atoms with Crippen LogP contribution < -0.4 is 5.32 Å². The van der Waals surface area contributed by atoms with E-state index in [4.69, 9.17) is 0 Å². The maximum atomic E-state index is 13.9. The molecule has 3 unspecified atom stereocenters. The molecule has 1 amide bonds. The fraction of sp³-hybridized carbons (Fsp3) is 0.588. The monoisotopic (exact) mass is 374 g/mol. The first-order valence-corrected chi connectivity index (χ1v) is 10.2. The maximum absolute atomic E-state index is 13.9. The molecule has 1 saturated heterocycles. The van der Waals surface area contributed by atoms with Crippen molar-refractivity contribution in [3.63, 3.8) is 0 Å². The first-order chi connectivity index (χ1) is 11.6. The summed E-state index contributed by atoms with van der Waals surface area (Å²) in [7, 11) is -3.08. The van der Waals surface area contributed by atoms with Crippen LogP contribution in [-0.4, -0.2) is 49.4 Å². The quantitative estimate of drug-likeness (QED) is 0.828. The first-order valence-electron chi connectivity index (χ1n) is 8.36. The van der Waals surface area contributed by atoms with E-state index in [2.05, 4.69) is 5.32 Å². The van der Waals surface area contributed by atoms with Crippen molar-refractivity contribution in [1.29, 1.82) is 0 Å². The molecule has 1 fully saturated rings. The van der Waals surface area contributed by atoms with Crippen molar-refractivity contribution in [2.45, 2.75) is 45.3 Å². The number of hydrogen-bond donors (Lipinski definition) is 1. The summed E-state index contributed by atoms with van der Waals surface area (Å²) in [5, 5.41) is 3.01.